The van der Waals surface area contributed by atoms with Crippen molar-refractivity contribution in [1.29, 1.82) is 0 Å². The number of benzene rings is 1. The molecule has 3 unspecified atom stereocenters. The first-order chi connectivity index (χ1) is 13.0. The summed E-state index contributed by atoms with van der Waals surface area (Å²) in [6, 6.07) is -0.242. The summed E-state index contributed by atoms with van der Waals surface area (Å²) in [7, 11) is 2.16. The summed E-state index contributed by atoms with van der Waals surface area (Å²) in [6.45, 7) is -1.01. The summed E-state index contributed by atoms with van der Waals surface area (Å²) in [5.41, 5.74) is -3.75. The predicted molar refractivity (Wildman–Crippen MR) is 83.4 cm³/mol. The predicted octanol–water partition coefficient (Wildman–Crippen LogP) is 3.17. The third-order valence-corrected chi connectivity index (χ3v) is 3.69. The van der Waals surface area contributed by atoms with Crippen molar-refractivity contribution in [3.63, 3.8) is 0 Å². The maximum Gasteiger partial charge on any atom is 0.416 e. The van der Waals surface area contributed by atoms with Crippen molar-refractivity contribution in [1.82, 2.24) is 0 Å². The lowest BCUT2D eigenvalue weighted by Crippen LogP contribution is -2.38. The van der Waals surface area contributed by atoms with Gasteiger partial charge in [-0.15, -0.1) is 0 Å². The van der Waals surface area contributed by atoms with Crippen LogP contribution in [0.25, 0.3) is 0 Å². The minimum atomic E-state index is -5.04. The molecule has 0 aliphatic carbocycles. The van der Waals surface area contributed by atoms with Crippen molar-refractivity contribution in [2.24, 2.45) is 4.99 Å². The largest absolute Gasteiger partial charge is 0.448 e. The number of aliphatic hydroxyl groups excluding tert-OH is 2. The van der Waals surface area contributed by atoms with Crippen LogP contribution < -0.4 is 0 Å². The van der Waals surface area contributed by atoms with Gasteiger partial charge in [-0.25, -0.2) is 9.38 Å². The van der Waals surface area contributed by atoms with Gasteiger partial charge in [0.05, 0.1) is 17.2 Å². The standard InChI is InChI=1S/C15H14F7NO3.CH4O/c1-25-11(6-16)10-5-12(24)26-13(23-10)7-2-8(14(17,18)19)4-9(3-7)15(20,21)22;1-2/h2-4,10-12,24H,5-6H2,1H3;2H,1H3. The maximum absolute atomic E-state index is 12.9. The van der Waals surface area contributed by atoms with Crippen molar-refractivity contribution >= 4 is 5.90 Å². The molecule has 0 bridgehead atoms. The fourth-order valence-electron chi connectivity index (χ4n) is 2.40. The minimum absolute atomic E-state index is 0.0414. The lowest BCUT2D eigenvalue weighted by Gasteiger charge is -2.29. The number of aliphatic imine (C=N–C) groups is 1. The highest BCUT2D eigenvalue weighted by atomic mass is 19.4. The van der Waals surface area contributed by atoms with Crippen LogP contribution in [0.5, 0.6) is 0 Å². The van der Waals surface area contributed by atoms with Crippen LogP contribution >= 0.6 is 0 Å². The molecule has 160 valence electrons. The number of hydrogen-bond donors (Lipinski definition) is 2. The van der Waals surface area contributed by atoms with Crippen LogP contribution in [0.1, 0.15) is 23.1 Å². The molecule has 0 aromatic heterocycles. The smallest absolute Gasteiger partial charge is 0.416 e. The molecule has 1 aromatic carbocycles. The minimum Gasteiger partial charge on any atom is -0.448 e. The van der Waals surface area contributed by atoms with Crippen molar-refractivity contribution in [2.45, 2.75) is 37.2 Å². The summed E-state index contributed by atoms with van der Waals surface area (Å²) in [4.78, 5) is 3.83. The van der Waals surface area contributed by atoms with E-state index in [1.807, 2.05) is 0 Å². The molecule has 0 saturated heterocycles. The molecule has 0 fully saturated rings. The first kappa shape index (κ1) is 24.1. The number of methoxy groups -OCH3 is 1. The van der Waals surface area contributed by atoms with Crippen LogP contribution in [0.15, 0.2) is 23.2 Å². The van der Waals surface area contributed by atoms with Gasteiger partial charge < -0.3 is 19.7 Å². The number of rotatable bonds is 4. The molecule has 1 aromatic rings. The van der Waals surface area contributed by atoms with E-state index in [4.69, 9.17) is 14.6 Å². The van der Waals surface area contributed by atoms with E-state index in [0.29, 0.717) is 12.1 Å². The number of aliphatic hydroxyl groups is 2. The van der Waals surface area contributed by atoms with Gasteiger partial charge >= 0.3 is 12.4 Å². The number of nitrogens with zero attached hydrogens (tertiary/aromatic N) is 1. The molecule has 0 amide bonds. The summed E-state index contributed by atoms with van der Waals surface area (Å²) in [6.07, 6.45) is -13.0. The van der Waals surface area contributed by atoms with Crippen LogP contribution in [-0.4, -0.2) is 55.4 Å². The Labute approximate surface area is 155 Å². The Morgan fingerprint density at radius 1 is 1.11 bits per heavy atom. The van der Waals surface area contributed by atoms with E-state index in [1.165, 1.54) is 0 Å². The van der Waals surface area contributed by atoms with E-state index in [1.54, 1.807) is 0 Å². The van der Waals surface area contributed by atoms with E-state index >= 15 is 0 Å². The van der Waals surface area contributed by atoms with Gasteiger partial charge in [-0.3, -0.25) is 0 Å². The molecule has 1 aliphatic heterocycles. The van der Waals surface area contributed by atoms with Crippen LogP contribution in [-0.2, 0) is 21.8 Å². The average Bonchev–Trinajstić information content (AvgIpc) is 2.62. The highest BCUT2D eigenvalue weighted by Gasteiger charge is 2.38. The molecule has 0 saturated carbocycles. The Morgan fingerprint density at radius 3 is 2.00 bits per heavy atom. The molecule has 12 heteroatoms. The second kappa shape index (κ2) is 9.52. The fourth-order valence-corrected chi connectivity index (χ4v) is 2.40. The van der Waals surface area contributed by atoms with Gasteiger partial charge in [0.15, 0.2) is 0 Å². The zero-order valence-corrected chi connectivity index (χ0v) is 14.7. The number of alkyl halides is 7. The van der Waals surface area contributed by atoms with Crippen molar-refractivity contribution in [3.05, 3.63) is 34.9 Å². The molecule has 1 aliphatic rings. The fraction of sp³-hybridized carbons (Fsp3) is 0.562. The van der Waals surface area contributed by atoms with Gasteiger partial charge in [-0.2, -0.15) is 26.3 Å². The Bertz CT molecular complexity index is 640. The van der Waals surface area contributed by atoms with Gasteiger partial charge in [-0.05, 0) is 18.2 Å². The number of ether oxygens (including phenoxy) is 2. The third kappa shape index (κ3) is 6.04. The molecule has 1 heterocycles. The summed E-state index contributed by atoms with van der Waals surface area (Å²) >= 11 is 0. The summed E-state index contributed by atoms with van der Waals surface area (Å²) in [5.74, 6) is -0.652. The van der Waals surface area contributed by atoms with Gasteiger partial charge in [0, 0.05) is 26.2 Å². The Hall–Kier alpha value is -1.92. The highest BCUT2D eigenvalue weighted by molar-refractivity contribution is 5.95. The molecule has 3 atom stereocenters. The summed E-state index contributed by atoms with van der Waals surface area (Å²) in [5, 5.41) is 16.7. The lowest BCUT2D eigenvalue weighted by atomic mass is 10.0. The number of halogens is 7. The maximum atomic E-state index is 12.9. The van der Waals surface area contributed by atoms with Crippen molar-refractivity contribution in [3.8, 4) is 0 Å². The molecule has 2 N–H and O–H groups in total. The molecule has 0 spiro atoms. The van der Waals surface area contributed by atoms with E-state index in [0.717, 1.165) is 14.2 Å². The zero-order valence-electron chi connectivity index (χ0n) is 14.7. The topological polar surface area (TPSA) is 71.3 Å². The molecule has 2 rings (SSSR count). The van der Waals surface area contributed by atoms with Crippen molar-refractivity contribution < 1.29 is 50.4 Å². The van der Waals surface area contributed by atoms with E-state index in [2.05, 4.69) is 4.99 Å². The first-order valence-electron chi connectivity index (χ1n) is 7.71. The molecule has 5 nitrogen and oxygen atoms in total. The SMILES string of the molecule is CO.COC(CF)C1CC(O)OC(c2cc(C(F)(F)F)cc(C(F)(F)F)c2)=N1. The van der Waals surface area contributed by atoms with Crippen LogP contribution in [0.4, 0.5) is 30.7 Å². The van der Waals surface area contributed by atoms with Gasteiger partial charge in [0.1, 0.15) is 12.8 Å². The van der Waals surface area contributed by atoms with Crippen molar-refractivity contribution in [2.75, 3.05) is 20.9 Å². The van der Waals surface area contributed by atoms with Crippen LogP contribution in [0.2, 0.25) is 0 Å². The first-order valence-corrected chi connectivity index (χ1v) is 7.71. The monoisotopic (exact) mass is 421 g/mol. The van der Waals surface area contributed by atoms with Gasteiger partial charge in [0.25, 0.3) is 0 Å². The molecular weight excluding hydrogens is 403 g/mol. The molecular formula is C16H18F7NO4. The Balaban J connectivity index is 0.00000190. The zero-order chi connectivity index (χ0) is 21.7. The normalized spacial score (nSPS) is 21.2. The average molecular weight is 421 g/mol. The Kier molecular flexibility index (Phi) is 8.20. The third-order valence-electron chi connectivity index (χ3n) is 3.69. The van der Waals surface area contributed by atoms with Crippen LogP contribution in [0.3, 0.4) is 0 Å². The molecule has 28 heavy (non-hydrogen) atoms. The second-order valence-electron chi connectivity index (χ2n) is 5.53. The molecule has 0 radical (unpaired) electrons. The lowest BCUT2D eigenvalue weighted by molar-refractivity contribution is -0.143. The van der Waals surface area contributed by atoms with Gasteiger partial charge in [-0.1, -0.05) is 0 Å². The number of hydrogen-bond acceptors (Lipinski definition) is 5. The van der Waals surface area contributed by atoms with E-state index in [-0.39, 0.29) is 12.5 Å². The van der Waals surface area contributed by atoms with Crippen LogP contribution in [0, 0.1) is 0 Å². The van der Waals surface area contributed by atoms with Gasteiger partial charge in [0.2, 0.25) is 12.2 Å². The highest BCUT2D eigenvalue weighted by Crippen LogP contribution is 2.37. The Morgan fingerprint density at radius 2 is 1.61 bits per heavy atom. The quantitative estimate of drug-likeness (QED) is 0.733. The van der Waals surface area contributed by atoms with E-state index < -0.39 is 60.1 Å². The van der Waals surface area contributed by atoms with E-state index in [9.17, 15) is 35.8 Å². The summed E-state index contributed by atoms with van der Waals surface area (Å²) < 4.78 is 100. The second-order valence-corrected chi connectivity index (χ2v) is 5.53.